The highest BCUT2D eigenvalue weighted by molar-refractivity contribution is 5.84. The summed E-state index contributed by atoms with van der Waals surface area (Å²) in [5, 5.41) is 12.3. The Hall–Kier alpha value is -1.10. The maximum atomic E-state index is 12.1. The van der Waals surface area contributed by atoms with Crippen LogP contribution in [0.1, 0.15) is 32.1 Å². The van der Waals surface area contributed by atoms with Gasteiger partial charge in [0.2, 0.25) is 5.91 Å². The summed E-state index contributed by atoms with van der Waals surface area (Å²) in [6, 6.07) is -0.579. The second-order valence-electron chi connectivity index (χ2n) is 4.98. The number of rotatable bonds is 3. The third-order valence-electron chi connectivity index (χ3n) is 3.78. The summed E-state index contributed by atoms with van der Waals surface area (Å²) in [4.78, 5) is 24.6. The molecule has 2 heterocycles. The molecule has 2 aliphatic rings. The summed E-state index contributed by atoms with van der Waals surface area (Å²) in [6.45, 7) is 2.56. The van der Waals surface area contributed by atoms with E-state index in [2.05, 4.69) is 5.32 Å². The number of carboxylic acid groups (broad SMARTS) is 1. The second-order valence-corrected chi connectivity index (χ2v) is 4.98. The summed E-state index contributed by atoms with van der Waals surface area (Å²) in [6.07, 6.45) is 3.99. The van der Waals surface area contributed by atoms with Crippen LogP contribution in [0.15, 0.2) is 0 Å². The average molecular weight is 240 g/mol. The minimum atomic E-state index is -0.860. The molecule has 1 atom stereocenters. The number of carboxylic acids is 1. The molecule has 0 bridgehead atoms. The fourth-order valence-corrected chi connectivity index (χ4v) is 2.77. The Bertz CT molecular complexity index is 300. The topological polar surface area (TPSA) is 69.6 Å². The normalized spacial score (nSPS) is 26.1. The van der Waals surface area contributed by atoms with Gasteiger partial charge in [-0.2, -0.15) is 0 Å². The molecule has 0 spiro atoms. The molecule has 96 valence electrons. The molecule has 0 aromatic heterocycles. The molecular formula is C12H20N2O3. The molecule has 17 heavy (non-hydrogen) atoms. The van der Waals surface area contributed by atoms with Crippen LogP contribution < -0.4 is 5.32 Å². The van der Waals surface area contributed by atoms with E-state index in [1.54, 1.807) is 4.90 Å². The van der Waals surface area contributed by atoms with Crippen molar-refractivity contribution in [2.45, 2.75) is 38.1 Å². The molecule has 5 nitrogen and oxygen atoms in total. The summed E-state index contributed by atoms with van der Waals surface area (Å²) in [5.41, 5.74) is 0. The number of carbonyl (C=O) groups excluding carboxylic acids is 1. The summed E-state index contributed by atoms with van der Waals surface area (Å²) in [5.74, 6) is -0.401. The smallest absolute Gasteiger partial charge is 0.326 e. The Morgan fingerprint density at radius 2 is 1.94 bits per heavy atom. The predicted molar refractivity (Wildman–Crippen MR) is 62.6 cm³/mol. The van der Waals surface area contributed by atoms with E-state index in [1.165, 1.54) is 0 Å². The first-order valence-electron chi connectivity index (χ1n) is 6.41. The van der Waals surface area contributed by atoms with Crippen molar-refractivity contribution in [3.8, 4) is 0 Å². The first-order chi connectivity index (χ1) is 8.18. The number of carbonyl (C=O) groups is 2. The summed E-state index contributed by atoms with van der Waals surface area (Å²) < 4.78 is 0. The van der Waals surface area contributed by atoms with Gasteiger partial charge in [-0.05, 0) is 44.7 Å². The van der Waals surface area contributed by atoms with Crippen LogP contribution in [0.5, 0.6) is 0 Å². The van der Waals surface area contributed by atoms with E-state index in [4.69, 9.17) is 5.11 Å². The maximum Gasteiger partial charge on any atom is 0.326 e. The van der Waals surface area contributed by atoms with Gasteiger partial charge in [0, 0.05) is 13.0 Å². The van der Waals surface area contributed by atoms with Gasteiger partial charge in [0.1, 0.15) is 6.04 Å². The van der Waals surface area contributed by atoms with Crippen molar-refractivity contribution in [1.82, 2.24) is 10.2 Å². The van der Waals surface area contributed by atoms with E-state index in [9.17, 15) is 9.59 Å². The minimum absolute atomic E-state index is 0.0294. The first kappa shape index (κ1) is 12.4. The van der Waals surface area contributed by atoms with E-state index in [0.717, 1.165) is 32.4 Å². The average Bonchev–Trinajstić information content (AvgIpc) is 2.79. The number of likely N-dealkylation sites (tertiary alicyclic amines) is 1. The van der Waals surface area contributed by atoms with Crippen LogP contribution in [0.4, 0.5) is 0 Å². The van der Waals surface area contributed by atoms with Crippen molar-refractivity contribution in [1.29, 1.82) is 0 Å². The van der Waals surface area contributed by atoms with Crippen LogP contribution in [0.2, 0.25) is 0 Å². The predicted octanol–water partition coefficient (Wildman–Crippen LogP) is 0.452. The number of nitrogens with zero attached hydrogens (tertiary/aromatic N) is 1. The zero-order valence-corrected chi connectivity index (χ0v) is 10.0. The standard InChI is InChI=1S/C12H20N2O3/c15-11(8-9-3-5-13-6-4-9)14-7-1-2-10(14)12(16)17/h9-10,13H,1-8H2,(H,16,17)/t10-/m1/s1. The van der Waals surface area contributed by atoms with Crippen molar-refractivity contribution in [2.24, 2.45) is 5.92 Å². The molecule has 0 saturated carbocycles. The van der Waals surface area contributed by atoms with Gasteiger partial charge in [0.15, 0.2) is 0 Å². The van der Waals surface area contributed by atoms with Crippen LogP contribution in [-0.2, 0) is 9.59 Å². The molecule has 2 fully saturated rings. The van der Waals surface area contributed by atoms with Crippen molar-refractivity contribution >= 4 is 11.9 Å². The Labute approximate surface area is 101 Å². The summed E-state index contributed by atoms with van der Waals surface area (Å²) in [7, 11) is 0. The zero-order chi connectivity index (χ0) is 12.3. The lowest BCUT2D eigenvalue weighted by atomic mass is 9.94. The van der Waals surface area contributed by atoms with Gasteiger partial charge in [0.05, 0.1) is 0 Å². The van der Waals surface area contributed by atoms with Gasteiger partial charge in [-0.1, -0.05) is 0 Å². The highest BCUT2D eigenvalue weighted by Crippen LogP contribution is 2.22. The van der Waals surface area contributed by atoms with E-state index in [1.807, 2.05) is 0 Å². The number of hydrogen-bond donors (Lipinski definition) is 2. The van der Waals surface area contributed by atoms with E-state index < -0.39 is 12.0 Å². The fraction of sp³-hybridized carbons (Fsp3) is 0.833. The highest BCUT2D eigenvalue weighted by atomic mass is 16.4. The molecule has 0 aromatic rings. The molecule has 2 aliphatic heterocycles. The third kappa shape index (κ3) is 2.97. The van der Waals surface area contributed by atoms with Gasteiger partial charge < -0.3 is 15.3 Å². The van der Waals surface area contributed by atoms with Gasteiger partial charge in [-0.15, -0.1) is 0 Å². The molecule has 1 amide bonds. The Kier molecular flexibility index (Phi) is 3.99. The monoisotopic (exact) mass is 240 g/mol. The Balaban J connectivity index is 1.88. The van der Waals surface area contributed by atoms with Gasteiger partial charge in [-0.25, -0.2) is 4.79 Å². The SMILES string of the molecule is O=C(O)[C@H]1CCCN1C(=O)CC1CCNCC1. The number of piperidine rings is 1. The lowest BCUT2D eigenvalue weighted by Gasteiger charge is -2.26. The summed E-state index contributed by atoms with van der Waals surface area (Å²) >= 11 is 0. The lowest BCUT2D eigenvalue weighted by Crippen LogP contribution is -2.41. The molecule has 0 radical (unpaired) electrons. The fourth-order valence-electron chi connectivity index (χ4n) is 2.77. The largest absolute Gasteiger partial charge is 0.480 e. The maximum absolute atomic E-state index is 12.1. The van der Waals surface area contributed by atoms with Crippen molar-refractivity contribution in [3.63, 3.8) is 0 Å². The zero-order valence-electron chi connectivity index (χ0n) is 10.0. The number of amides is 1. The van der Waals surface area contributed by atoms with Crippen molar-refractivity contribution in [3.05, 3.63) is 0 Å². The highest BCUT2D eigenvalue weighted by Gasteiger charge is 2.34. The quantitative estimate of drug-likeness (QED) is 0.751. The van der Waals surface area contributed by atoms with Crippen LogP contribution in [0, 0.1) is 5.92 Å². The van der Waals surface area contributed by atoms with Gasteiger partial charge >= 0.3 is 5.97 Å². The minimum Gasteiger partial charge on any atom is -0.480 e. The molecule has 2 rings (SSSR count). The molecule has 2 N–H and O–H groups in total. The van der Waals surface area contributed by atoms with E-state index in [0.29, 0.717) is 25.3 Å². The first-order valence-corrected chi connectivity index (χ1v) is 6.41. The van der Waals surface area contributed by atoms with Crippen LogP contribution in [-0.4, -0.2) is 47.6 Å². The number of aliphatic carboxylic acids is 1. The van der Waals surface area contributed by atoms with Crippen molar-refractivity contribution < 1.29 is 14.7 Å². The lowest BCUT2D eigenvalue weighted by molar-refractivity contribution is -0.148. The van der Waals surface area contributed by atoms with Gasteiger partial charge in [0.25, 0.3) is 0 Å². The van der Waals surface area contributed by atoms with E-state index >= 15 is 0 Å². The van der Waals surface area contributed by atoms with Crippen LogP contribution in [0.3, 0.4) is 0 Å². The van der Waals surface area contributed by atoms with Gasteiger partial charge in [-0.3, -0.25) is 4.79 Å². The third-order valence-corrected chi connectivity index (χ3v) is 3.78. The molecule has 2 saturated heterocycles. The molecule has 0 aliphatic carbocycles. The molecular weight excluding hydrogens is 220 g/mol. The Morgan fingerprint density at radius 3 is 2.59 bits per heavy atom. The molecule has 0 aromatic carbocycles. The van der Waals surface area contributed by atoms with Crippen LogP contribution >= 0.6 is 0 Å². The Morgan fingerprint density at radius 1 is 1.24 bits per heavy atom. The second kappa shape index (κ2) is 5.49. The number of nitrogens with one attached hydrogen (secondary N) is 1. The molecule has 5 heteroatoms. The molecule has 0 unspecified atom stereocenters. The van der Waals surface area contributed by atoms with Crippen molar-refractivity contribution in [2.75, 3.05) is 19.6 Å². The number of hydrogen-bond acceptors (Lipinski definition) is 3. The van der Waals surface area contributed by atoms with E-state index in [-0.39, 0.29) is 5.91 Å². The van der Waals surface area contributed by atoms with Crippen LogP contribution in [0.25, 0.3) is 0 Å².